The van der Waals surface area contributed by atoms with Gasteiger partial charge in [-0.05, 0) is 23.5 Å². The third-order valence-corrected chi connectivity index (χ3v) is 3.37. The summed E-state index contributed by atoms with van der Waals surface area (Å²) < 4.78 is 0. The highest BCUT2D eigenvalue weighted by Crippen LogP contribution is 2.17. The molecule has 0 bridgehead atoms. The zero-order valence-corrected chi connectivity index (χ0v) is 10.8. The molecular weight excluding hydrogens is 247 g/mol. The molecule has 0 aliphatic rings. The van der Waals surface area contributed by atoms with E-state index in [9.17, 15) is 10.0 Å². The van der Waals surface area contributed by atoms with Crippen molar-refractivity contribution in [2.75, 3.05) is 0 Å². The second-order valence-electron chi connectivity index (χ2n) is 3.90. The van der Waals surface area contributed by atoms with Crippen molar-refractivity contribution < 1.29 is 10.0 Å². The quantitative estimate of drug-likeness (QED) is 0.482. The Morgan fingerprint density at radius 1 is 1.17 bits per heavy atom. The molecule has 4 nitrogen and oxygen atoms in total. The van der Waals surface area contributed by atoms with Crippen LogP contribution in [-0.2, 0) is 5.75 Å². The highest BCUT2D eigenvalue weighted by molar-refractivity contribution is 7.98. The van der Waals surface area contributed by atoms with Crippen LogP contribution < -0.4 is 5.46 Å². The monoisotopic (exact) mass is 260 g/mol. The molecule has 0 radical (unpaired) electrons. The Morgan fingerprint density at radius 2 is 1.83 bits per heavy atom. The lowest BCUT2D eigenvalue weighted by molar-refractivity contribution is 0.425. The number of aromatic nitrogens is 2. The summed E-state index contributed by atoms with van der Waals surface area (Å²) in [6.45, 7) is 1.94. The molecule has 0 spiro atoms. The Morgan fingerprint density at radius 3 is 2.50 bits per heavy atom. The van der Waals surface area contributed by atoms with Crippen molar-refractivity contribution in [1.82, 2.24) is 9.97 Å². The van der Waals surface area contributed by atoms with E-state index in [0.717, 1.165) is 11.1 Å². The molecule has 1 heterocycles. The summed E-state index contributed by atoms with van der Waals surface area (Å²) >= 11 is 1.47. The molecule has 18 heavy (non-hydrogen) atoms. The first-order valence-electron chi connectivity index (χ1n) is 5.52. The summed E-state index contributed by atoms with van der Waals surface area (Å²) in [4.78, 5) is 8.39. The van der Waals surface area contributed by atoms with Gasteiger partial charge < -0.3 is 10.0 Å². The largest absolute Gasteiger partial charge is 0.488 e. The van der Waals surface area contributed by atoms with E-state index in [1.54, 1.807) is 24.5 Å². The van der Waals surface area contributed by atoms with E-state index in [2.05, 4.69) is 9.97 Å². The van der Waals surface area contributed by atoms with Crippen LogP contribution in [0.4, 0.5) is 0 Å². The van der Waals surface area contributed by atoms with Crippen molar-refractivity contribution in [3.8, 4) is 0 Å². The third-order valence-electron chi connectivity index (χ3n) is 2.45. The van der Waals surface area contributed by atoms with E-state index in [4.69, 9.17) is 0 Å². The first-order valence-corrected chi connectivity index (χ1v) is 6.51. The predicted molar refractivity (Wildman–Crippen MR) is 72.6 cm³/mol. The summed E-state index contributed by atoms with van der Waals surface area (Å²) in [6, 6.07) is 7.23. The minimum absolute atomic E-state index is 0.525. The van der Waals surface area contributed by atoms with Crippen LogP contribution in [0.15, 0.2) is 41.8 Å². The molecule has 0 atom stereocenters. The van der Waals surface area contributed by atoms with Gasteiger partial charge in [0.15, 0.2) is 5.16 Å². The van der Waals surface area contributed by atoms with Crippen molar-refractivity contribution in [3.63, 3.8) is 0 Å². The van der Waals surface area contributed by atoms with E-state index in [0.29, 0.717) is 16.4 Å². The fourth-order valence-corrected chi connectivity index (χ4v) is 2.32. The molecule has 0 unspecified atom stereocenters. The van der Waals surface area contributed by atoms with E-state index in [1.807, 2.05) is 19.1 Å². The molecule has 0 saturated carbocycles. The van der Waals surface area contributed by atoms with Crippen LogP contribution in [0.25, 0.3) is 0 Å². The van der Waals surface area contributed by atoms with Crippen LogP contribution in [0.5, 0.6) is 0 Å². The topological polar surface area (TPSA) is 66.2 Å². The lowest BCUT2D eigenvalue weighted by Crippen LogP contribution is -2.32. The highest BCUT2D eigenvalue weighted by Gasteiger charge is 2.15. The molecule has 2 N–H and O–H groups in total. The Labute approximate surface area is 110 Å². The zero-order chi connectivity index (χ0) is 13.0. The normalized spacial score (nSPS) is 10.4. The third kappa shape index (κ3) is 3.32. The molecule has 0 amide bonds. The second kappa shape index (κ2) is 5.99. The van der Waals surface area contributed by atoms with Crippen LogP contribution >= 0.6 is 11.8 Å². The maximum atomic E-state index is 9.25. The van der Waals surface area contributed by atoms with Gasteiger partial charge in [-0.15, -0.1) is 0 Å². The Hall–Kier alpha value is -1.37. The van der Waals surface area contributed by atoms with Gasteiger partial charge in [-0.1, -0.05) is 36.0 Å². The maximum Gasteiger partial charge on any atom is 0.488 e. The summed E-state index contributed by atoms with van der Waals surface area (Å²) in [5, 5.41) is 19.2. The van der Waals surface area contributed by atoms with E-state index in [1.165, 1.54) is 11.8 Å². The summed E-state index contributed by atoms with van der Waals surface area (Å²) in [7, 11) is -1.44. The molecule has 0 fully saturated rings. The smallest absolute Gasteiger partial charge is 0.423 e. The van der Waals surface area contributed by atoms with Crippen LogP contribution in [0, 0.1) is 6.92 Å². The predicted octanol–water partition coefficient (Wildman–Crippen LogP) is 0.757. The number of hydrogen-bond acceptors (Lipinski definition) is 5. The Bertz CT molecular complexity index is 520. The fourth-order valence-electron chi connectivity index (χ4n) is 1.52. The van der Waals surface area contributed by atoms with Crippen LogP contribution in [0.2, 0.25) is 0 Å². The van der Waals surface area contributed by atoms with Crippen molar-refractivity contribution >= 4 is 24.3 Å². The number of thioether (sulfide) groups is 1. The summed E-state index contributed by atoms with van der Waals surface area (Å²) in [5.74, 6) is 0.608. The molecule has 2 aromatic rings. The number of hydrogen-bond donors (Lipinski definition) is 2. The first kappa shape index (κ1) is 13.1. The molecule has 6 heteroatoms. The van der Waals surface area contributed by atoms with Crippen molar-refractivity contribution in [1.29, 1.82) is 0 Å². The zero-order valence-electron chi connectivity index (χ0n) is 9.95. The SMILES string of the molecule is Cc1cnc(SCc2ccccc2B(O)O)nc1. The average molecular weight is 260 g/mol. The first-order chi connectivity index (χ1) is 8.66. The van der Waals surface area contributed by atoms with Gasteiger partial charge >= 0.3 is 7.12 Å². The molecule has 1 aromatic heterocycles. The molecule has 0 aliphatic carbocycles. The minimum Gasteiger partial charge on any atom is -0.423 e. The number of benzene rings is 1. The van der Waals surface area contributed by atoms with Gasteiger partial charge in [0.05, 0.1) is 0 Å². The van der Waals surface area contributed by atoms with Crippen LogP contribution in [0.3, 0.4) is 0 Å². The average Bonchev–Trinajstić information content (AvgIpc) is 2.38. The summed E-state index contributed by atoms with van der Waals surface area (Å²) in [6.07, 6.45) is 3.53. The molecule has 92 valence electrons. The van der Waals surface area contributed by atoms with Gasteiger partial charge in [0.25, 0.3) is 0 Å². The number of nitrogens with zero attached hydrogens (tertiary/aromatic N) is 2. The second-order valence-corrected chi connectivity index (χ2v) is 4.85. The molecule has 1 aromatic carbocycles. The molecular formula is C12H13BN2O2S. The van der Waals surface area contributed by atoms with E-state index >= 15 is 0 Å². The highest BCUT2D eigenvalue weighted by atomic mass is 32.2. The Balaban J connectivity index is 2.08. The lowest BCUT2D eigenvalue weighted by atomic mass is 9.77. The lowest BCUT2D eigenvalue weighted by Gasteiger charge is -2.07. The Kier molecular flexibility index (Phi) is 4.35. The van der Waals surface area contributed by atoms with Gasteiger partial charge in [0, 0.05) is 18.1 Å². The van der Waals surface area contributed by atoms with Crippen LogP contribution in [0.1, 0.15) is 11.1 Å². The van der Waals surface area contributed by atoms with Crippen molar-refractivity contribution in [2.45, 2.75) is 17.8 Å². The van der Waals surface area contributed by atoms with E-state index in [-0.39, 0.29) is 0 Å². The fraction of sp³-hybridized carbons (Fsp3) is 0.167. The van der Waals surface area contributed by atoms with Crippen molar-refractivity contribution in [2.24, 2.45) is 0 Å². The van der Waals surface area contributed by atoms with Gasteiger partial charge in [-0.25, -0.2) is 9.97 Å². The van der Waals surface area contributed by atoms with Gasteiger partial charge in [0.1, 0.15) is 0 Å². The number of aryl methyl sites for hydroxylation is 1. The van der Waals surface area contributed by atoms with E-state index < -0.39 is 7.12 Å². The van der Waals surface area contributed by atoms with Gasteiger partial charge in [-0.2, -0.15) is 0 Å². The van der Waals surface area contributed by atoms with Crippen molar-refractivity contribution in [3.05, 3.63) is 47.8 Å². The number of rotatable bonds is 4. The standard InChI is InChI=1S/C12H13BN2O2S/c1-9-6-14-12(15-7-9)18-8-10-4-2-3-5-11(10)13(16)17/h2-7,16-17H,8H2,1H3. The summed E-state index contributed by atoms with van der Waals surface area (Å²) in [5.41, 5.74) is 2.42. The maximum absolute atomic E-state index is 9.25. The molecule has 0 saturated heterocycles. The van der Waals surface area contributed by atoms with Gasteiger partial charge in [-0.3, -0.25) is 0 Å². The van der Waals surface area contributed by atoms with Gasteiger partial charge in [0.2, 0.25) is 0 Å². The minimum atomic E-state index is -1.44. The molecule has 2 rings (SSSR count). The van der Waals surface area contributed by atoms with Crippen LogP contribution in [-0.4, -0.2) is 27.1 Å². The molecule has 0 aliphatic heterocycles.